The van der Waals surface area contributed by atoms with Crippen LogP contribution in [0, 0.1) is 0 Å². The molecular formula is C11H16N2O2. The van der Waals surface area contributed by atoms with Crippen LogP contribution in [-0.2, 0) is 9.59 Å². The molecule has 0 aliphatic heterocycles. The van der Waals surface area contributed by atoms with Crippen LogP contribution < -0.4 is 10.6 Å². The van der Waals surface area contributed by atoms with E-state index in [1.165, 1.54) is 6.92 Å². The van der Waals surface area contributed by atoms with E-state index in [4.69, 9.17) is 0 Å². The Balaban J connectivity index is 0.000000921. The van der Waals surface area contributed by atoms with Crippen LogP contribution in [0.2, 0.25) is 0 Å². The van der Waals surface area contributed by atoms with Gasteiger partial charge in [0.2, 0.25) is 12.3 Å². The van der Waals surface area contributed by atoms with Crippen molar-refractivity contribution in [3.05, 3.63) is 24.3 Å². The minimum atomic E-state index is -0.115. The van der Waals surface area contributed by atoms with Gasteiger partial charge in [0.1, 0.15) is 0 Å². The average Bonchev–Trinajstić information content (AvgIpc) is 2.24. The summed E-state index contributed by atoms with van der Waals surface area (Å²) < 4.78 is 0. The van der Waals surface area contributed by atoms with Crippen molar-refractivity contribution < 1.29 is 9.59 Å². The molecule has 4 heteroatoms. The highest BCUT2D eigenvalue weighted by Gasteiger charge is 1.94. The van der Waals surface area contributed by atoms with E-state index in [1.807, 2.05) is 13.8 Å². The lowest BCUT2D eigenvalue weighted by molar-refractivity contribution is -0.114. The molecule has 2 N–H and O–H groups in total. The van der Waals surface area contributed by atoms with E-state index in [1.54, 1.807) is 24.3 Å². The quantitative estimate of drug-likeness (QED) is 0.748. The van der Waals surface area contributed by atoms with E-state index in [-0.39, 0.29) is 5.91 Å². The minimum Gasteiger partial charge on any atom is -0.329 e. The molecule has 0 saturated heterocycles. The van der Waals surface area contributed by atoms with E-state index in [2.05, 4.69) is 10.6 Å². The van der Waals surface area contributed by atoms with Gasteiger partial charge in [-0.2, -0.15) is 0 Å². The fraction of sp³-hybridized carbons (Fsp3) is 0.273. The summed E-state index contributed by atoms with van der Waals surface area (Å²) in [6.07, 6.45) is 0.605. The number of anilines is 2. The van der Waals surface area contributed by atoms with Crippen molar-refractivity contribution in [1.29, 1.82) is 0 Å². The molecule has 15 heavy (non-hydrogen) atoms. The van der Waals surface area contributed by atoms with Crippen molar-refractivity contribution >= 4 is 23.7 Å². The molecule has 1 rings (SSSR count). The van der Waals surface area contributed by atoms with Crippen LogP contribution in [0.3, 0.4) is 0 Å². The molecule has 0 radical (unpaired) electrons. The topological polar surface area (TPSA) is 58.2 Å². The molecule has 0 heterocycles. The normalized spacial score (nSPS) is 8.20. The fourth-order valence-corrected chi connectivity index (χ4v) is 0.921. The fourth-order valence-electron chi connectivity index (χ4n) is 0.921. The van der Waals surface area contributed by atoms with E-state index in [9.17, 15) is 9.59 Å². The molecule has 0 bridgehead atoms. The first-order valence-electron chi connectivity index (χ1n) is 4.80. The molecule has 0 spiro atoms. The lowest BCUT2D eigenvalue weighted by Gasteiger charge is -2.02. The third-order valence-corrected chi connectivity index (χ3v) is 1.43. The molecule has 1 aromatic rings. The number of nitrogens with one attached hydrogen (secondary N) is 2. The van der Waals surface area contributed by atoms with Crippen LogP contribution in [0.5, 0.6) is 0 Å². The van der Waals surface area contributed by atoms with Gasteiger partial charge in [-0.05, 0) is 24.3 Å². The van der Waals surface area contributed by atoms with Crippen molar-refractivity contribution in [2.24, 2.45) is 0 Å². The van der Waals surface area contributed by atoms with Crippen LogP contribution >= 0.6 is 0 Å². The van der Waals surface area contributed by atoms with Gasteiger partial charge in [0.05, 0.1) is 0 Å². The van der Waals surface area contributed by atoms with Gasteiger partial charge in [0.25, 0.3) is 0 Å². The Morgan fingerprint density at radius 3 is 2.00 bits per heavy atom. The van der Waals surface area contributed by atoms with Crippen molar-refractivity contribution in [2.75, 3.05) is 10.6 Å². The first-order valence-corrected chi connectivity index (χ1v) is 4.80. The summed E-state index contributed by atoms with van der Waals surface area (Å²) in [5.41, 5.74) is 1.41. The molecule has 1 aromatic carbocycles. The van der Waals surface area contributed by atoms with Crippen molar-refractivity contribution in [3.63, 3.8) is 0 Å². The van der Waals surface area contributed by atoms with E-state index < -0.39 is 0 Å². The number of carbonyl (C=O) groups excluding carboxylic acids is 2. The van der Waals surface area contributed by atoms with Crippen LogP contribution in [0.1, 0.15) is 20.8 Å². The second-order valence-corrected chi connectivity index (χ2v) is 2.52. The second kappa shape index (κ2) is 7.55. The maximum absolute atomic E-state index is 10.6. The Kier molecular flexibility index (Phi) is 6.63. The third-order valence-electron chi connectivity index (χ3n) is 1.43. The van der Waals surface area contributed by atoms with Crippen molar-refractivity contribution in [3.8, 4) is 0 Å². The van der Waals surface area contributed by atoms with Crippen LogP contribution in [0.25, 0.3) is 0 Å². The number of hydrogen-bond donors (Lipinski definition) is 2. The lowest BCUT2D eigenvalue weighted by atomic mass is 10.3. The molecule has 4 nitrogen and oxygen atoms in total. The first kappa shape index (κ1) is 13.2. The SMILES string of the molecule is CC.CC(=O)Nc1ccc(NC=O)cc1. The van der Waals surface area contributed by atoms with Gasteiger partial charge < -0.3 is 10.6 Å². The van der Waals surface area contributed by atoms with Gasteiger partial charge in [0.15, 0.2) is 0 Å². The van der Waals surface area contributed by atoms with Gasteiger partial charge in [-0.25, -0.2) is 0 Å². The van der Waals surface area contributed by atoms with E-state index >= 15 is 0 Å². The van der Waals surface area contributed by atoms with Gasteiger partial charge in [-0.3, -0.25) is 9.59 Å². The number of benzene rings is 1. The summed E-state index contributed by atoms with van der Waals surface area (Å²) in [4.78, 5) is 20.7. The smallest absolute Gasteiger partial charge is 0.221 e. The van der Waals surface area contributed by atoms with E-state index in [0.29, 0.717) is 17.8 Å². The van der Waals surface area contributed by atoms with E-state index in [0.717, 1.165) is 0 Å². The summed E-state index contributed by atoms with van der Waals surface area (Å²) in [7, 11) is 0. The van der Waals surface area contributed by atoms with Gasteiger partial charge in [-0.1, -0.05) is 13.8 Å². The standard InChI is InChI=1S/C9H10N2O2.C2H6/c1-7(13)11-9-4-2-8(3-5-9)10-6-12;1-2/h2-6H,1H3,(H,10,12)(H,11,13);1-2H3. The zero-order chi connectivity index (χ0) is 11.7. The second-order valence-electron chi connectivity index (χ2n) is 2.52. The minimum absolute atomic E-state index is 0.115. The largest absolute Gasteiger partial charge is 0.329 e. The average molecular weight is 208 g/mol. The van der Waals surface area contributed by atoms with Crippen molar-refractivity contribution in [1.82, 2.24) is 0 Å². The molecule has 0 fully saturated rings. The van der Waals surface area contributed by atoms with Crippen LogP contribution in [-0.4, -0.2) is 12.3 Å². The number of rotatable bonds is 3. The molecule has 0 aromatic heterocycles. The molecule has 2 amide bonds. The molecule has 0 aliphatic carbocycles. The van der Waals surface area contributed by atoms with Crippen LogP contribution in [0.4, 0.5) is 11.4 Å². The highest BCUT2D eigenvalue weighted by molar-refractivity contribution is 5.89. The molecule has 0 unspecified atom stereocenters. The first-order chi connectivity index (χ1) is 7.22. The predicted octanol–water partition coefficient (Wildman–Crippen LogP) is 2.24. The molecule has 0 saturated carbocycles. The maximum atomic E-state index is 10.6. The third kappa shape index (κ3) is 5.46. The number of hydrogen-bond acceptors (Lipinski definition) is 2. The predicted molar refractivity (Wildman–Crippen MR) is 61.8 cm³/mol. The maximum Gasteiger partial charge on any atom is 0.221 e. The molecular weight excluding hydrogens is 192 g/mol. The Hall–Kier alpha value is -1.84. The monoisotopic (exact) mass is 208 g/mol. The molecule has 0 aliphatic rings. The van der Waals surface area contributed by atoms with Gasteiger partial charge >= 0.3 is 0 Å². The summed E-state index contributed by atoms with van der Waals surface area (Å²) >= 11 is 0. The molecule has 82 valence electrons. The zero-order valence-electron chi connectivity index (χ0n) is 9.20. The van der Waals surface area contributed by atoms with Crippen molar-refractivity contribution in [2.45, 2.75) is 20.8 Å². The zero-order valence-corrected chi connectivity index (χ0v) is 9.20. The molecule has 0 atom stereocenters. The van der Waals surface area contributed by atoms with Crippen LogP contribution in [0.15, 0.2) is 24.3 Å². The Bertz CT molecular complexity index is 307. The Labute approximate surface area is 89.7 Å². The lowest BCUT2D eigenvalue weighted by Crippen LogP contribution is -2.05. The summed E-state index contributed by atoms with van der Waals surface area (Å²) in [6.45, 7) is 5.44. The summed E-state index contributed by atoms with van der Waals surface area (Å²) in [5, 5.41) is 5.11. The highest BCUT2D eigenvalue weighted by Crippen LogP contribution is 2.12. The Morgan fingerprint density at radius 2 is 1.60 bits per heavy atom. The highest BCUT2D eigenvalue weighted by atomic mass is 16.1. The Morgan fingerprint density at radius 1 is 1.13 bits per heavy atom. The number of carbonyl (C=O) groups is 2. The van der Waals surface area contributed by atoms with Gasteiger partial charge in [-0.15, -0.1) is 0 Å². The summed E-state index contributed by atoms with van der Waals surface area (Å²) in [5.74, 6) is -0.115. The summed E-state index contributed by atoms with van der Waals surface area (Å²) in [6, 6.07) is 6.85. The number of amides is 2. The van der Waals surface area contributed by atoms with Gasteiger partial charge in [0, 0.05) is 18.3 Å².